The largest absolute Gasteiger partial charge is 0.381 e. The highest BCUT2D eigenvalue weighted by Gasteiger charge is 1.94. The van der Waals surface area contributed by atoms with E-state index in [1.54, 1.807) is 0 Å². The van der Waals surface area contributed by atoms with Crippen LogP contribution in [0.15, 0.2) is 0 Å². The van der Waals surface area contributed by atoms with Gasteiger partial charge in [-0.25, -0.2) is 4.89 Å². The SMILES string of the molecule is CCCOCCCOCCCOCCCOCCCOCCCOO. The highest BCUT2D eigenvalue weighted by atomic mass is 17.1. The Bertz CT molecular complexity index is 207. The Hall–Kier alpha value is -0.280. The molecule has 0 amide bonds. The molecule has 7 heteroatoms. The predicted octanol–water partition coefficient (Wildman–Crippen LogP) is 2.92. The highest BCUT2D eigenvalue weighted by Crippen LogP contribution is 1.93. The van der Waals surface area contributed by atoms with E-state index in [2.05, 4.69) is 11.8 Å². The summed E-state index contributed by atoms with van der Waals surface area (Å²) in [5, 5.41) is 8.13. The Morgan fingerprint density at radius 3 is 1.00 bits per heavy atom. The summed E-state index contributed by atoms with van der Waals surface area (Å²) in [4.78, 5) is 3.95. The van der Waals surface area contributed by atoms with Crippen LogP contribution in [-0.4, -0.2) is 77.9 Å². The summed E-state index contributed by atoms with van der Waals surface area (Å²) in [6.45, 7) is 9.71. The molecule has 0 aliphatic carbocycles. The molecule has 25 heavy (non-hydrogen) atoms. The third kappa shape index (κ3) is 23.7. The van der Waals surface area contributed by atoms with Crippen LogP contribution >= 0.6 is 0 Å². The van der Waals surface area contributed by atoms with Crippen molar-refractivity contribution in [3.63, 3.8) is 0 Å². The first-order valence-corrected chi connectivity index (χ1v) is 9.57. The lowest BCUT2D eigenvalue weighted by atomic mass is 10.4. The van der Waals surface area contributed by atoms with Crippen molar-refractivity contribution in [1.82, 2.24) is 0 Å². The third-order valence-electron chi connectivity index (χ3n) is 3.18. The van der Waals surface area contributed by atoms with Gasteiger partial charge in [-0.05, 0) is 38.5 Å². The smallest absolute Gasteiger partial charge is 0.0841 e. The molecule has 0 rings (SSSR count). The molecule has 7 nitrogen and oxygen atoms in total. The minimum atomic E-state index is 0.316. The lowest BCUT2D eigenvalue weighted by molar-refractivity contribution is -0.244. The third-order valence-corrected chi connectivity index (χ3v) is 3.18. The molecule has 0 saturated heterocycles. The molecule has 0 aliphatic rings. The summed E-state index contributed by atoms with van der Waals surface area (Å²) in [6.07, 6.45) is 5.44. The molecule has 0 atom stereocenters. The van der Waals surface area contributed by atoms with Gasteiger partial charge in [0.2, 0.25) is 0 Å². The minimum absolute atomic E-state index is 0.316. The lowest BCUT2D eigenvalue weighted by Crippen LogP contribution is -2.07. The molecular formula is C18H38O7. The Morgan fingerprint density at radius 2 is 0.720 bits per heavy atom. The van der Waals surface area contributed by atoms with Gasteiger partial charge in [0.05, 0.1) is 6.61 Å². The van der Waals surface area contributed by atoms with Gasteiger partial charge in [0.15, 0.2) is 0 Å². The maximum absolute atomic E-state index is 8.13. The summed E-state index contributed by atoms with van der Waals surface area (Å²) in [7, 11) is 0. The fourth-order valence-electron chi connectivity index (χ4n) is 1.93. The Morgan fingerprint density at radius 1 is 0.440 bits per heavy atom. The quantitative estimate of drug-likeness (QED) is 0.179. The van der Waals surface area contributed by atoms with Gasteiger partial charge >= 0.3 is 0 Å². The van der Waals surface area contributed by atoms with E-state index in [4.69, 9.17) is 28.9 Å². The summed E-state index contributed by atoms with van der Waals surface area (Å²) in [6, 6.07) is 0. The van der Waals surface area contributed by atoms with E-state index < -0.39 is 0 Å². The van der Waals surface area contributed by atoms with Crippen LogP contribution in [0.25, 0.3) is 0 Å². The summed E-state index contributed by atoms with van der Waals surface area (Å²) in [5.41, 5.74) is 0. The predicted molar refractivity (Wildman–Crippen MR) is 96.1 cm³/mol. The Labute approximate surface area is 152 Å². The van der Waals surface area contributed by atoms with Crippen LogP contribution < -0.4 is 0 Å². The van der Waals surface area contributed by atoms with E-state index in [1.165, 1.54) is 0 Å². The zero-order valence-electron chi connectivity index (χ0n) is 15.9. The zero-order valence-corrected chi connectivity index (χ0v) is 15.9. The van der Waals surface area contributed by atoms with E-state index in [-0.39, 0.29) is 0 Å². The van der Waals surface area contributed by atoms with Gasteiger partial charge in [0, 0.05) is 66.1 Å². The maximum atomic E-state index is 8.13. The molecule has 0 bridgehead atoms. The van der Waals surface area contributed by atoms with Crippen molar-refractivity contribution in [1.29, 1.82) is 0 Å². The normalized spacial score (nSPS) is 11.3. The summed E-state index contributed by atoms with van der Waals surface area (Å²) >= 11 is 0. The van der Waals surface area contributed by atoms with Gasteiger partial charge in [-0.1, -0.05) is 6.92 Å². The van der Waals surface area contributed by atoms with Crippen molar-refractivity contribution in [3.05, 3.63) is 0 Å². The molecule has 152 valence electrons. The van der Waals surface area contributed by atoms with E-state index in [1.807, 2.05) is 0 Å². The fourth-order valence-corrected chi connectivity index (χ4v) is 1.93. The van der Waals surface area contributed by atoms with Crippen LogP contribution in [0.1, 0.15) is 45.4 Å². The molecular weight excluding hydrogens is 328 g/mol. The van der Waals surface area contributed by atoms with Crippen LogP contribution in [-0.2, 0) is 28.6 Å². The van der Waals surface area contributed by atoms with Crippen molar-refractivity contribution in [2.75, 3.05) is 72.7 Å². The highest BCUT2D eigenvalue weighted by molar-refractivity contribution is 4.41. The van der Waals surface area contributed by atoms with Crippen molar-refractivity contribution in [3.8, 4) is 0 Å². The monoisotopic (exact) mass is 366 g/mol. The molecule has 0 aromatic carbocycles. The molecule has 0 unspecified atom stereocenters. The van der Waals surface area contributed by atoms with Gasteiger partial charge in [0.25, 0.3) is 0 Å². The number of hydrogen-bond acceptors (Lipinski definition) is 7. The molecule has 1 N–H and O–H groups in total. The molecule has 0 aliphatic heterocycles. The van der Waals surface area contributed by atoms with E-state index in [0.29, 0.717) is 39.5 Å². The molecule has 0 radical (unpaired) electrons. The standard InChI is InChI=1S/C18H38O7/c1-2-8-20-9-3-10-21-11-4-12-22-13-5-14-23-15-6-16-24-17-7-18-25-19/h19H,2-18H2,1H3. The Balaban J connectivity index is 2.94. The van der Waals surface area contributed by atoms with Gasteiger partial charge in [-0.2, -0.15) is 0 Å². The van der Waals surface area contributed by atoms with Gasteiger partial charge in [0.1, 0.15) is 0 Å². The second kappa shape index (κ2) is 23.7. The van der Waals surface area contributed by atoms with Gasteiger partial charge in [-0.15, -0.1) is 0 Å². The summed E-state index contributed by atoms with van der Waals surface area (Å²) < 4.78 is 27.3. The summed E-state index contributed by atoms with van der Waals surface area (Å²) in [5.74, 6) is 0. The van der Waals surface area contributed by atoms with E-state index in [0.717, 1.165) is 71.7 Å². The molecule has 0 spiro atoms. The average Bonchev–Trinajstić information content (AvgIpc) is 2.63. The first-order chi connectivity index (χ1) is 12.4. The molecule has 0 heterocycles. The number of ether oxygens (including phenoxy) is 5. The second-order valence-corrected chi connectivity index (χ2v) is 5.66. The van der Waals surface area contributed by atoms with Crippen LogP contribution in [0.4, 0.5) is 0 Å². The minimum Gasteiger partial charge on any atom is -0.381 e. The van der Waals surface area contributed by atoms with Crippen molar-refractivity contribution < 1.29 is 33.8 Å². The first kappa shape index (κ1) is 24.7. The lowest BCUT2D eigenvalue weighted by Gasteiger charge is -2.07. The second-order valence-electron chi connectivity index (χ2n) is 5.66. The Kier molecular flexibility index (Phi) is 23.5. The topological polar surface area (TPSA) is 75.6 Å². The molecule has 0 saturated carbocycles. The van der Waals surface area contributed by atoms with Gasteiger partial charge < -0.3 is 23.7 Å². The van der Waals surface area contributed by atoms with Crippen LogP contribution in [0, 0.1) is 0 Å². The van der Waals surface area contributed by atoms with Crippen LogP contribution in [0.5, 0.6) is 0 Å². The maximum Gasteiger partial charge on any atom is 0.0841 e. The molecule has 0 aromatic heterocycles. The van der Waals surface area contributed by atoms with Crippen molar-refractivity contribution in [2.24, 2.45) is 0 Å². The number of hydrogen-bond donors (Lipinski definition) is 1. The number of rotatable bonds is 22. The van der Waals surface area contributed by atoms with Crippen molar-refractivity contribution >= 4 is 0 Å². The average molecular weight is 366 g/mol. The first-order valence-electron chi connectivity index (χ1n) is 9.57. The molecule has 0 aromatic rings. The fraction of sp³-hybridized carbons (Fsp3) is 1.00. The van der Waals surface area contributed by atoms with Gasteiger partial charge in [-0.3, -0.25) is 5.26 Å². The van der Waals surface area contributed by atoms with Crippen LogP contribution in [0.3, 0.4) is 0 Å². The van der Waals surface area contributed by atoms with E-state index >= 15 is 0 Å². The van der Waals surface area contributed by atoms with Crippen molar-refractivity contribution in [2.45, 2.75) is 45.4 Å². The van der Waals surface area contributed by atoms with E-state index in [9.17, 15) is 0 Å². The zero-order chi connectivity index (χ0) is 18.3. The van der Waals surface area contributed by atoms with Crippen LogP contribution in [0.2, 0.25) is 0 Å². The molecule has 0 fully saturated rings.